The Morgan fingerprint density at radius 1 is 1.15 bits per heavy atom. The Kier molecular flexibility index (Phi) is 5.27. The van der Waals surface area contributed by atoms with Crippen molar-refractivity contribution in [3.63, 3.8) is 0 Å². The Morgan fingerprint density at radius 3 is 2.60 bits per heavy atom. The monoisotopic (exact) mass is 377 g/mol. The van der Waals surface area contributed by atoms with Gasteiger partial charge >= 0.3 is 0 Å². The first-order valence-electron chi connectivity index (χ1n) is 5.82. The summed E-state index contributed by atoms with van der Waals surface area (Å²) >= 11 is 14.9. The van der Waals surface area contributed by atoms with Crippen LogP contribution in [0.2, 0.25) is 10.0 Å². The average Bonchev–Trinajstić information content (AvgIpc) is 2.39. The van der Waals surface area contributed by atoms with Crippen LogP contribution < -0.4 is 10.5 Å². The second-order valence-electron chi connectivity index (χ2n) is 4.09. The number of rotatable bonds is 4. The van der Waals surface area contributed by atoms with Crippen LogP contribution in [-0.4, -0.2) is 6.54 Å². The van der Waals surface area contributed by atoms with E-state index in [4.69, 9.17) is 33.7 Å². The number of hydrogen-bond acceptors (Lipinski definition) is 2. The molecule has 0 aromatic heterocycles. The van der Waals surface area contributed by atoms with Crippen LogP contribution in [0.1, 0.15) is 5.56 Å². The number of halogens is 4. The number of hydrogen-bond donors (Lipinski definition) is 1. The molecule has 2 aromatic carbocycles. The standard InChI is InChI=1S/C14H11BrCl2FNO/c15-10-6-11(17)12(18)7-14(10)20-13-2-1-9(16)5-8(13)3-4-19/h1-2,5-7H,3-4,19H2. The topological polar surface area (TPSA) is 35.2 Å². The SMILES string of the molecule is NCCc1cc(Cl)ccc1Oc1cc(F)c(Cl)cc1Br. The molecule has 2 N–H and O–H groups in total. The summed E-state index contributed by atoms with van der Waals surface area (Å²) in [6.45, 7) is 0.465. The molecule has 0 aliphatic carbocycles. The highest BCUT2D eigenvalue weighted by Gasteiger charge is 2.11. The molecular formula is C14H11BrCl2FNO. The van der Waals surface area contributed by atoms with E-state index in [1.807, 2.05) is 0 Å². The molecule has 0 bridgehead atoms. The van der Waals surface area contributed by atoms with Crippen molar-refractivity contribution < 1.29 is 9.13 Å². The van der Waals surface area contributed by atoms with E-state index < -0.39 is 5.82 Å². The van der Waals surface area contributed by atoms with Crippen molar-refractivity contribution in [3.8, 4) is 11.5 Å². The van der Waals surface area contributed by atoms with Crippen molar-refractivity contribution in [2.24, 2.45) is 5.73 Å². The minimum absolute atomic E-state index is 0.0301. The van der Waals surface area contributed by atoms with E-state index in [9.17, 15) is 4.39 Å². The van der Waals surface area contributed by atoms with Gasteiger partial charge < -0.3 is 10.5 Å². The largest absolute Gasteiger partial charge is 0.456 e. The van der Waals surface area contributed by atoms with Crippen LogP contribution in [0.25, 0.3) is 0 Å². The Balaban J connectivity index is 2.37. The molecule has 20 heavy (non-hydrogen) atoms. The van der Waals surface area contributed by atoms with Crippen molar-refractivity contribution >= 4 is 39.1 Å². The van der Waals surface area contributed by atoms with E-state index in [0.29, 0.717) is 34.0 Å². The maximum Gasteiger partial charge on any atom is 0.145 e. The Bertz CT molecular complexity index is 637. The third kappa shape index (κ3) is 3.64. The normalized spacial score (nSPS) is 10.7. The fourth-order valence-electron chi connectivity index (χ4n) is 1.70. The van der Waals surface area contributed by atoms with Gasteiger partial charge in [0.2, 0.25) is 0 Å². The summed E-state index contributed by atoms with van der Waals surface area (Å²) in [6.07, 6.45) is 0.615. The maximum atomic E-state index is 13.5. The smallest absolute Gasteiger partial charge is 0.145 e. The van der Waals surface area contributed by atoms with Gasteiger partial charge in [-0.15, -0.1) is 0 Å². The predicted molar refractivity (Wildman–Crippen MR) is 83.4 cm³/mol. The van der Waals surface area contributed by atoms with E-state index in [0.717, 1.165) is 5.56 Å². The first-order valence-corrected chi connectivity index (χ1v) is 7.37. The molecular weight excluding hydrogens is 368 g/mol. The molecule has 0 saturated carbocycles. The summed E-state index contributed by atoms with van der Waals surface area (Å²) < 4.78 is 19.8. The fourth-order valence-corrected chi connectivity index (χ4v) is 2.61. The average molecular weight is 379 g/mol. The lowest BCUT2D eigenvalue weighted by Crippen LogP contribution is -2.04. The van der Waals surface area contributed by atoms with Crippen molar-refractivity contribution in [3.05, 3.63) is 56.2 Å². The highest BCUT2D eigenvalue weighted by atomic mass is 79.9. The number of ether oxygens (including phenoxy) is 1. The van der Waals surface area contributed by atoms with Crippen LogP contribution in [0, 0.1) is 5.82 Å². The Labute approximate surface area is 134 Å². The van der Waals surface area contributed by atoms with Crippen LogP contribution in [0.15, 0.2) is 34.8 Å². The number of benzene rings is 2. The van der Waals surface area contributed by atoms with Gasteiger partial charge in [0.15, 0.2) is 0 Å². The third-order valence-electron chi connectivity index (χ3n) is 2.63. The van der Waals surface area contributed by atoms with Gasteiger partial charge in [-0.25, -0.2) is 4.39 Å². The van der Waals surface area contributed by atoms with E-state index in [1.54, 1.807) is 18.2 Å². The van der Waals surface area contributed by atoms with Gasteiger partial charge in [0.05, 0.1) is 9.50 Å². The lowest BCUT2D eigenvalue weighted by Gasteiger charge is -2.13. The van der Waals surface area contributed by atoms with Gasteiger partial charge in [0.25, 0.3) is 0 Å². The van der Waals surface area contributed by atoms with Crippen molar-refractivity contribution in [2.75, 3.05) is 6.54 Å². The molecule has 0 radical (unpaired) electrons. The lowest BCUT2D eigenvalue weighted by molar-refractivity contribution is 0.468. The van der Waals surface area contributed by atoms with Gasteiger partial charge in [0.1, 0.15) is 17.3 Å². The summed E-state index contributed by atoms with van der Waals surface area (Å²) in [5.41, 5.74) is 6.42. The predicted octanol–water partition coefficient (Wildman–Crippen LogP) is 5.19. The zero-order valence-electron chi connectivity index (χ0n) is 10.3. The molecule has 0 fully saturated rings. The van der Waals surface area contributed by atoms with E-state index in [2.05, 4.69) is 15.9 Å². The quantitative estimate of drug-likeness (QED) is 0.743. The molecule has 0 saturated heterocycles. The van der Waals surface area contributed by atoms with Crippen LogP contribution >= 0.6 is 39.1 Å². The first kappa shape index (κ1) is 15.6. The Hall–Kier alpha value is -0.810. The van der Waals surface area contributed by atoms with Gasteiger partial charge in [-0.1, -0.05) is 23.2 Å². The van der Waals surface area contributed by atoms with Gasteiger partial charge in [-0.2, -0.15) is 0 Å². The lowest BCUT2D eigenvalue weighted by atomic mass is 10.1. The molecule has 2 rings (SSSR count). The third-order valence-corrected chi connectivity index (χ3v) is 3.78. The second kappa shape index (κ2) is 6.76. The molecule has 0 spiro atoms. The minimum Gasteiger partial charge on any atom is -0.456 e. The van der Waals surface area contributed by atoms with Crippen LogP contribution in [0.5, 0.6) is 11.5 Å². The van der Waals surface area contributed by atoms with E-state index >= 15 is 0 Å². The van der Waals surface area contributed by atoms with Crippen molar-refractivity contribution in [1.82, 2.24) is 0 Å². The molecule has 2 nitrogen and oxygen atoms in total. The maximum absolute atomic E-state index is 13.5. The molecule has 2 aromatic rings. The van der Waals surface area contributed by atoms with E-state index in [1.165, 1.54) is 12.1 Å². The van der Waals surface area contributed by atoms with E-state index in [-0.39, 0.29) is 5.02 Å². The van der Waals surface area contributed by atoms with Crippen LogP contribution in [-0.2, 0) is 6.42 Å². The highest BCUT2D eigenvalue weighted by molar-refractivity contribution is 9.10. The summed E-state index contributed by atoms with van der Waals surface area (Å²) in [7, 11) is 0. The van der Waals surface area contributed by atoms with Crippen LogP contribution in [0.4, 0.5) is 4.39 Å². The zero-order chi connectivity index (χ0) is 14.7. The molecule has 0 atom stereocenters. The zero-order valence-corrected chi connectivity index (χ0v) is 13.4. The molecule has 0 amide bonds. The summed E-state index contributed by atoms with van der Waals surface area (Å²) in [5, 5.41) is 0.629. The summed E-state index contributed by atoms with van der Waals surface area (Å²) in [4.78, 5) is 0. The molecule has 0 aliphatic rings. The second-order valence-corrected chi connectivity index (χ2v) is 5.79. The summed E-state index contributed by atoms with van der Waals surface area (Å²) in [6, 6.07) is 7.89. The van der Waals surface area contributed by atoms with Crippen LogP contribution in [0.3, 0.4) is 0 Å². The Morgan fingerprint density at radius 2 is 1.90 bits per heavy atom. The minimum atomic E-state index is -0.542. The van der Waals surface area contributed by atoms with Gasteiger partial charge in [-0.05, 0) is 58.7 Å². The van der Waals surface area contributed by atoms with Crippen molar-refractivity contribution in [1.29, 1.82) is 0 Å². The molecule has 0 aliphatic heterocycles. The van der Waals surface area contributed by atoms with Crippen molar-refractivity contribution in [2.45, 2.75) is 6.42 Å². The molecule has 0 heterocycles. The van der Waals surface area contributed by atoms with Gasteiger partial charge in [0, 0.05) is 11.1 Å². The molecule has 6 heteroatoms. The molecule has 0 unspecified atom stereocenters. The highest BCUT2D eigenvalue weighted by Crippen LogP contribution is 2.35. The first-order chi connectivity index (χ1) is 9.51. The fraction of sp³-hybridized carbons (Fsp3) is 0.143. The van der Waals surface area contributed by atoms with Gasteiger partial charge in [-0.3, -0.25) is 0 Å². The number of nitrogens with two attached hydrogens (primary N) is 1. The molecule has 106 valence electrons. The summed E-state index contributed by atoms with van der Waals surface area (Å²) in [5.74, 6) is 0.383.